The molecule has 1 rings (SSSR count). The summed E-state index contributed by atoms with van der Waals surface area (Å²) in [5.74, 6) is 0.636. The molecule has 0 saturated carbocycles. The largest absolute Gasteiger partial charge is 0.384 e. The van der Waals surface area contributed by atoms with E-state index < -0.39 is 0 Å². The molecule has 0 fully saturated rings. The lowest BCUT2D eigenvalue weighted by atomic mass is 10.1. The first-order valence-electron chi connectivity index (χ1n) is 5.42. The van der Waals surface area contributed by atoms with Gasteiger partial charge in [0.25, 0.3) is 0 Å². The van der Waals surface area contributed by atoms with Crippen LogP contribution in [0.2, 0.25) is 0 Å². The van der Waals surface area contributed by atoms with Gasteiger partial charge in [-0.1, -0.05) is 26.3 Å². The molecule has 0 aliphatic rings. The highest BCUT2D eigenvalue weighted by atomic mass is 14.9. The normalized spacial score (nSPS) is 11.9. The molecule has 80 valence electrons. The fourth-order valence-corrected chi connectivity index (χ4v) is 1.33. The molecule has 0 spiro atoms. The molecule has 0 radical (unpaired) electrons. The Balaban J connectivity index is 2.75. The molecule has 15 heavy (non-hydrogen) atoms. The van der Waals surface area contributed by atoms with Gasteiger partial charge in [0.15, 0.2) is 0 Å². The van der Waals surface area contributed by atoms with Crippen molar-refractivity contribution < 1.29 is 0 Å². The Bertz CT molecular complexity index is 363. The minimum atomic E-state index is 0.636. The fourth-order valence-electron chi connectivity index (χ4n) is 1.33. The van der Waals surface area contributed by atoms with E-state index in [1.165, 1.54) is 5.56 Å². The Morgan fingerprint density at radius 3 is 2.80 bits per heavy atom. The van der Waals surface area contributed by atoms with Crippen LogP contribution in [0.5, 0.6) is 0 Å². The lowest BCUT2D eigenvalue weighted by molar-refractivity contribution is 0.593. The van der Waals surface area contributed by atoms with Crippen LogP contribution >= 0.6 is 0 Å². The van der Waals surface area contributed by atoms with Crippen molar-refractivity contribution >= 4 is 5.69 Å². The minimum absolute atomic E-state index is 0.636. The molecular formula is C13H18N2. The Kier molecular flexibility index (Phi) is 4.17. The molecule has 0 aromatic heterocycles. The van der Waals surface area contributed by atoms with Crippen LogP contribution in [0, 0.1) is 24.2 Å². The van der Waals surface area contributed by atoms with Gasteiger partial charge in [-0.15, -0.1) is 0 Å². The highest BCUT2D eigenvalue weighted by Crippen LogP contribution is 2.17. The fraction of sp³-hybridized carbons (Fsp3) is 0.462. The molecule has 0 aliphatic heterocycles. The van der Waals surface area contributed by atoms with Gasteiger partial charge in [-0.25, -0.2) is 0 Å². The van der Waals surface area contributed by atoms with E-state index in [4.69, 9.17) is 5.26 Å². The summed E-state index contributed by atoms with van der Waals surface area (Å²) in [6, 6.07) is 8.07. The zero-order valence-electron chi connectivity index (χ0n) is 9.67. The maximum Gasteiger partial charge on any atom is 0.101 e. The summed E-state index contributed by atoms with van der Waals surface area (Å²) < 4.78 is 0. The van der Waals surface area contributed by atoms with Crippen molar-refractivity contribution in [2.75, 3.05) is 11.9 Å². The predicted molar refractivity (Wildman–Crippen MR) is 63.8 cm³/mol. The highest BCUT2D eigenvalue weighted by molar-refractivity contribution is 5.58. The Morgan fingerprint density at radius 2 is 2.20 bits per heavy atom. The van der Waals surface area contributed by atoms with Crippen LogP contribution < -0.4 is 5.32 Å². The molecule has 1 unspecified atom stereocenters. The van der Waals surface area contributed by atoms with Gasteiger partial charge in [0.1, 0.15) is 6.07 Å². The maximum absolute atomic E-state index is 8.94. The second kappa shape index (κ2) is 5.41. The molecule has 0 heterocycles. The second-order valence-corrected chi connectivity index (χ2v) is 4.06. The summed E-state index contributed by atoms with van der Waals surface area (Å²) in [5, 5.41) is 12.3. The number of nitrogens with zero attached hydrogens (tertiary/aromatic N) is 1. The smallest absolute Gasteiger partial charge is 0.101 e. The van der Waals surface area contributed by atoms with E-state index >= 15 is 0 Å². The molecule has 0 aliphatic carbocycles. The Morgan fingerprint density at radius 1 is 1.47 bits per heavy atom. The van der Waals surface area contributed by atoms with E-state index in [2.05, 4.69) is 25.2 Å². The van der Waals surface area contributed by atoms with E-state index in [0.717, 1.165) is 24.2 Å². The molecule has 0 amide bonds. The van der Waals surface area contributed by atoms with Crippen LogP contribution in [0.25, 0.3) is 0 Å². The first-order valence-corrected chi connectivity index (χ1v) is 5.42. The first kappa shape index (κ1) is 11.6. The zero-order chi connectivity index (χ0) is 11.3. The van der Waals surface area contributed by atoms with Crippen molar-refractivity contribution in [3.05, 3.63) is 29.3 Å². The SMILES string of the molecule is CCC(C)CNc1cc(C)ccc1C#N. The number of hydrogen-bond donors (Lipinski definition) is 1. The van der Waals surface area contributed by atoms with Crippen molar-refractivity contribution in [1.29, 1.82) is 5.26 Å². The third kappa shape index (κ3) is 3.28. The number of nitrogens with one attached hydrogen (secondary N) is 1. The quantitative estimate of drug-likeness (QED) is 0.813. The molecule has 2 nitrogen and oxygen atoms in total. The van der Waals surface area contributed by atoms with Gasteiger partial charge in [0.05, 0.1) is 11.3 Å². The van der Waals surface area contributed by atoms with Crippen LogP contribution in [-0.4, -0.2) is 6.54 Å². The third-order valence-corrected chi connectivity index (χ3v) is 2.63. The van der Waals surface area contributed by atoms with Crippen molar-refractivity contribution in [2.24, 2.45) is 5.92 Å². The molecule has 1 N–H and O–H groups in total. The molecule has 1 aromatic carbocycles. The van der Waals surface area contributed by atoms with E-state index in [9.17, 15) is 0 Å². The number of anilines is 1. The van der Waals surface area contributed by atoms with Crippen LogP contribution in [0.3, 0.4) is 0 Å². The number of nitriles is 1. The molecule has 1 atom stereocenters. The predicted octanol–water partition coefficient (Wildman–Crippen LogP) is 3.32. The van der Waals surface area contributed by atoms with Crippen LogP contribution in [-0.2, 0) is 0 Å². The number of hydrogen-bond acceptors (Lipinski definition) is 2. The Labute approximate surface area is 91.9 Å². The topological polar surface area (TPSA) is 35.8 Å². The van der Waals surface area contributed by atoms with Crippen molar-refractivity contribution in [3.63, 3.8) is 0 Å². The summed E-state index contributed by atoms with van der Waals surface area (Å²) in [7, 11) is 0. The molecular weight excluding hydrogens is 184 g/mol. The number of benzene rings is 1. The summed E-state index contributed by atoms with van der Waals surface area (Å²) >= 11 is 0. The van der Waals surface area contributed by atoms with E-state index in [0.29, 0.717) is 5.92 Å². The summed E-state index contributed by atoms with van der Waals surface area (Å²) in [6.07, 6.45) is 1.15. The number of rotatable bonds is 4. The third-order valence-electron chi connectivity index (χ3n) is 2.63. The minimum Gasteiger partial charge on any atom is -0.384 e. The lowest BCUT2D eigenvalue weighted by Crippen LogP contribution is -2.11. The summed E-state index contributed by atoms with van der Waals surface area (Å²) in [5.41, 5.74) is 2.86. The zero-order valence-corrected chi connectivity index (χ0v) is 9.67. The summed E-state index contributed by atoms with van der Waals surface area (Å²) in [6.45, 7) is 7.34. The maximum atomic E-state index is 8.94. The van der Waals surface area contributed by atoms with Crippen molar-refractivity contribution in [2.45, 2.75) is 27.2 Å². The average molecular weight is 202 g/mol. The van der Waals surface area contributed by atoms with Crippen LogP contribution in [0.4, 0.5) is 5.69 Å². The van der Waals surface area contributed by atoms with Crippen LogP contribution in [0.1, 0.15) is 31.4 Å². The van der Waals surface area contributed by atoms with E-state index in [-0.39, 0.29) is 0 Å². The average Bonchev–Trinajstić information content (AvgIpc) is 2.26. The monoisotopic (exact) mass is 202 g/mol. The standard InChI is InChI=1S/C13H18N2/c1-4-10(2)9-15-13-7-11(3)5-6-12(13)8-14/h5-7,10,15H,4,9H2,1-3H3. The molecule has 0 saturated heterocycles. The Hall–Kier alpha value is -1.49. The van der Waals surface area contributed by atoms with Gasteiger partial charge >= 0.3 is 0 Å². The highest BCUT2D eigenvalue weighted by Gasteiger charge is 2.03. The summed E-state index contributed by atoms with van der Waals surface area (Å²) in [4.78, 5) is 0. The second-order valence-electron chi connectivity index (χ2n) is 4.06. The van der Waals surface area contributed by atoms with Gasteiger partial charge in [-0.2, -0.15) is 5.26 Å². The van der Waals surface area contributed by atoms with Crippen LogP contribution in [0.15, 0.2) is 18.2 Å². The molecule has 1 aromatic rings. The van der Waals surface area contributed by atoms with Gasteiger partial charge in [0, 0.05) is 6.54 Å². The number of aryl methyl sites for hydroxylation is 1. The van der Waals surface area contributed by atoms with E-state index in [1.54, 1.807) is 0 Å². The van der Waals surface area contributed by atoms with E-state index in [1.807, 2.05) is 25.1 Å². The van der Waals surface area contributed by atoms with Gasteiger partial charge in [-0.05, 0) is 30.5 Å². The lowest BCUT2D eigenvalue weighted by Gasteiger charge is -2.12. The van der Waals surface area contributed by atoms with Crippen molar-refractivity contribution in [1.82, 2.24) is 0 Å². The van der Waals surface area contributed by atoms with Gasteiger partial charge in [-0.3, -0.25) is 0 Å². The van der Waals surface area contributed by atoms with Gasteiger partial charge in [0.2, 0.25) is 0 Å². The van der Waals surface area contributed by atoms with Gasteiger partial charge < -0.3 is 5.32 Å². The first-order chi connectivity index (χ1) is 7.17. The van der Waals surface area contributed by atoms with Crippen molar-refractivity contribution in [3.8, 4) is 6.07 Å². The molecule has 2 heteroatoms. The molecule has 0 bridgehead atoms.